The van der Waals surface area contributed by atoms with Gasteiger partial charge in [0.15, 0.2) is 0 Å². The number of ether oxygens (including phenoxy) is 1. The highest BCUT2D eigenvalue weighted by Crippen LogP contribution is 2.07. The molecule has 0 amide bonds. The molecule has 0 heterocycles. The van der Waals surface area contributed by atoms with Crippen LogP contribution in [0.5, 0.6) is 0 Å². The van der Waals surface area contributed by atoms with E-state index in [1.807, 2.05) is 0 Å². The van der Waals surface area contributed by atoms with E-state index in [2.05, 4.69) is 5.32 Å². The van der Waals surface area contributed by atoms with Crippen molar-refractivity contribution in [2.24, 2.45) is 0 Å². The van der Waals surface area contributed by atoms with E-state index in [-0.39, 0.29) is 0 Å². The zero-order valence-corrected chi connectivity index (χ0v) is 8.72. The number of halogens is 2. The van der Waals surface area contributed by atoms with E-state index in [4.69, 9.17) is 4.74 Å². The van der Waals surface area contributed by atoms with E-state index < -0.39 is 11.6 Å². The first-order valence-electron chi connectivity index (χ1n) is 4.87. The number of benzene rings is 1. The lowest BCUT2D eigenvalue weighted by Gasteiger charge is -2.04. The van der Waals surface area contributed by atoms with Gasteiger partial charge in [-0.1, -0.05) is 0 Å². The number of hydrogen-bond donors (Lipinski definition) is 1. The maximum atomic E-state index is 12.8. The van der Waals surface area contributed by atoms with Crippen molar-refractivity contribution in [2.45, 2.75) is 6.42 Å². The summed E-state index contributed by atoms with van der Waals surface area (Å²) in [7, 11) is 1.63. The maximum absolute atomic E-state index is 12.8. The first kappa shape index (κ1) is 12.1. The maximum Gasteiger partial charge on any atom is 0.126 e. The number of rotatable bonds is 6. The fourth-order valence-corrected chi connectivity index (χ4v) is 1.29. The van der Waals surface area contributed by atoms with Crippen LogP contribution >= 0.6 is 0 Å². The Hall–Kier alpha value is -1.00. The second-order valence-electron chi connectivity index (χ2n) is 3.27. The molecule has 0 aliphatic carbocycles. The molecule has 1 aromatic rings. The van der Waals surface area contributed by atoms with Crippen molar-refractivity contribution < 1.29 is 13.5 Å². The van der Waals surface area contributed by atoms with E-state index in [0.29, 0.717) is 25.1 Å². The average molecular weight is 215 g/mol. The van der Waals surface area contributed by atoms with Crippen LogP contribution in [0.4, 0.5) is 8.78 Å². The zero-order chi connectivity index (χ0) is 11.1. The fraction of sp³-hybridized carbons (Fsp3) is 0.455. The molecule has 0 aliphatic heterocycles. The molecule has 0 bridgehead atoms. The van der Waals surface area contributed by atoms with Gasteiger partial charge >= 0.3 is 0 Å². The molecule has 0 radical (unpaired) electrons. The third-order valence-corrected chi connectivity index (χ3v) is 2.00. The van der Waals surface area contributed by atoms with Crippen molar-refractivity contribution >= 4 is 0 Å². The molecule has 0 atom stereocenters. The van der Waals surface area contributed by atoms with Gasteiger partial charge in [-0.15, -0.1) is 0 Å². The molecule has 15 heavy (non-hydrogen) atoms. The van der Waals surface area contributed by atoms with Gasteiger partial charge in [-0.3, -0.25) is 0 Å². The van der Waals surface area contributed by atoms with Crippen LogP contribution in [0.1, 0.15) is 5.56 Å². The molecule has 1 rings (SSSR count). The third kappa shape index (κ3) is 4.85. The Morgan fingerprint density at radius 3 is 2.40 bits per heavy atom. The van der Waals surface area contributed by atoms with Crippen molar-refractivity contribution in [1.82, 2.24) is 5.32 Å². The molecule has 0 fully saturated rings. The lowest BCUT2D eigenvalue weighted by Crippen LogP contribution is -2.21. The summed E-state index contributed by atoms with van der Waals surface area (Å²) < 4.78 is 30.4. The second-order valence-corrected chi connectivity index (χ2v) is 3.27. The number of methoxy groups -OCH3 is 1. The Bertz CT molecular complexity index is 284. The summed E-state index contributed by atoms with van der Waals surface area (Å²) in [6, 6.07) is 3.57. The summed E-state index contributed by atoms with van der Waals surface area (Å²) in [5.41, 5.74) is 0.664. The Labute approximate surface area is 88.3 Å². The monoisotopic (exact) mass is 215 g/mol. The van der Waals surface area contributed by atoms with Crippen molar-refractivity contribution in [2.75, 3.05) is 26.8 Å². The van der Waals surface area contributed by atoms with Crippen LogP contribution in [0.25, 0.3) is 0 Å². The van der Waals surface area contributed by atoms with Crippen LogP contribution in [0.2, 0.25) is 0 Å². The highest BCUT2D eigenvalue weighted by molar-refractivity contribution is 5.18. The molecule has 4 heteroatoms. The third-order valence-electron chi connectivity index (χ3n) is 2.00. The van der Waals surface area contributed by atoms with E-state index in [9.17, 15) is 8.78 Å². The normalized spacial score (nSPS) is 10.6. The average Bonchev–Trinajstić information content (AvgIpc) is 2.16. The van der Waals surface area contributed by atoms with Crippen LogP contribution in [-0.4, -0.2) is 26.8 Å². The van der Waals surface area contributed by atoms with Gasteiger partial charge in [0.05, 0.1) is 6.61 Å². The quantitative estimate of drug-likeness (QED) is 0.730. The highest BCUT2D eigenvalue weighted by Gasteiger charge is 1.99. The van der Waals surface area contributed by atoms with Crippen LogP contribution in [0, 0.1) is 11.6 Å². The number of hydrogen-bond acceptors (Lipinski definition) is 2. The Morgan fingerprint density at radius 2 is 1.80 bits per heavy atom. The molecule has 0 aliphatic rings. The minimum atomic E-state index is -0.526. The smallest absolute Gasteiger partial charge is 0.126 e. The largest absolute Gasteiger partial charge is 0.383 e. The first-order chi connectivity index (χ1) is 7.22. The van der Waals surface area contributed by atoms with Gasteiger partial charge < -0.3 is 10.1 Å². The lowest BCUT2D eigenvalue weighted by atomic mass is 10.1. The summed E-state index contributed by atoms with van der Waals surface area (Å²) in [6.07, 6.45) is 0.610. The molecule has 1 aromatic carbocycles. The van der Waals surface area contributed by atoms with E-state index in [1.54, 1.807) is 7.11 Å². The molecule has 1 N–H and O–H groups in total. The van der Waals surface area contributed by atoms with Crippen LogP contribution in [-0.2, 0) is 11.2 Å². The van der Waals surface area contributed by atoms with Crippen LogP contribution in [0.3, 0.4) is 0 Å². The van der Waals surface area contributed by atoms with Gasteiger partial charge in [0, 0.05) is 19.7 Å². The number of nitrogens with one attached hydrogen (secondary N) is 1. The van der Waals surface area contributed by atoms with Gasteiger partial charge in [-0.2, -0.15) is 0 Å². The van der Waals surface area contributed by atoms with Crippen molar-refractivity contribution in [3.05, 3.63) is 35.4 Å². The molecule has 0 unspecified atom stereocenters. The van der Waals surface area contributed by atoms with Gasteiger partial charge in [0.2, 0.25) is 0 Å². The highest BCUT2D eigenvalue weighted by atomic mass is 19.1. The summed E-state index contributed by atoms with van der Waals surface area (Å²) >= 11 is 0. The molecule has 0 saturated heterocycles. The van der Waals surface area contributed by atoms with Gasteiger partial charge in [0.25, 0.3) is 0 Å². The summed E-state index contributed by atoms with van der Waals surface area (Å²) in [5.74, 6) is -1.05. The lowest BCUT2D eigenvalue weighted by molar-refractivity contribution is 0.199. The summed E-state index contributed by atoms with van der Waals surface area (Å²) in [4.78, 5) is 0. The van der Waals surface area contributed by atoms with Crippen molar-refractivity contribution in [3.8, 4) is 0 Å². The van der Waals surface area contributed by atoms with Gasteiger partial charge in [0.1, 0.15) is 11.6 Å². The summed E-state index contributed by atoms with van der Waals surface area (Å²) in [6.45, 7) is 2.07. The summed E-state index contributed by atoms with van der Waals surface area (Å²) in [5, 5.41) is 3.10. The van der Waals surface area contributed by atoms with E-state index in [0.717, 1.165) is 12.6 Å². The predicted molar refractivity (Wildman–Crippen MR) is 54.8 cm³/mol. The minimum absolute atomic E-state index is 0.526. The molecule has 0 aromatic heterocycles. The molecular weight excluding hydrogens is 200 g/mol. The Morgan fingerprint density at radius 1 is 1.13 bits per heavy atom. The molecule has 84 valence electrons. The second kappa shape index (κ2) is 6.48. The fourth-order valence-electron chi connectivity index (χ4n) is 1.29. The standard InChI is InChI=1S/C11H15F2NO/c1-15-5-4-14-3-2-9-6-10(12)8-11(13)7-9/h6-8,14H,2-5H2,1H3. The molecule has 0 spiro atoms. The van der Waals surface area contributed by atoms with Gasteiger partial charge in [-0.25, -0.2) is 8.78 Å². The van der Waals surface area contributed by atoms with Crippen molar-refractivity contribution in [1.29, 1.82) is 0 Å². The SMILES string of the molecule is COCCNCCc1cc(F)cc(F)c1. The topological polar surface area (TPSA) is 21.3 Å². The zero-order valence-electron chi connectivity index (χ0n) is 8.72. The Balaban J connectivity index is 2.31. The van der Waals surface area contributed by atoms with Crippen molar-refractivity contribution in [3.63, 3.8) is 0 Å². The Kier molecular flexibility index (Phi) is 5.21. The van der Waals surface area contributed by atoms with Gasteiger partial charge in [-0.05, 0) is 30.7 Å². The predicted octanol–water partition coefficient (Wildman–Crippen LogP) is 1.74. The minimum Gasteiger partial charge on any atom is -0.383 e. The van der Waals surface area contributed by atoms with E-state index >= 15 is 0 Å². The molecule has 2 nitrogen and oxygen atoms in total. The molecular formula is C11H15F2NO. The molecule has 0 saturated carbocycles. The van der Waals surface area contributed by atoms with E-state index in [1.165, 1.54) is 12.1 Å². The van der Waals surface area contributed by atoms with Crippen LogP contribution in [0.15, 0.2) is 18.2 Å². The van der Waals surface area contributed by atoms with Crippen LogP contribution < -0.4 is 5.32 Å². The first-order valence-corrected chi connectivity index (χ1v) is 4.87.